The molecule has 2 aromatic heterocycles. The minimum Gasteiger partial charge on any atom is -0.482 e. The Morgan fingerprint density at radius 1 is 0.776 bits per heavy atom. The van der Waals surface area contributed by atoms with E-state index < -0.39 is 17.4 Å². The fourth-order valence-corrected chi connectivity index (χ4v) is 14.2. The lowest BCUT2D eigenvalue weighted by Gasteiger charge is -2.53. The van der Waals surface area contributed by atoms with E-state index in [9.17, 15) is 0 Å². The topological polar surface area (TPSA) is 137 Å². The van der Waals surface area contributed by atoms with Gasteiger partial charge < -0.3 is 23.3 Å². The monoisotopic (exact) mass is 906 g/mol. The van der Waals surface area contributed by atoms with Crippen LogP contribution in [-0.2, 0) is 22.7 Å². The summed E-state index contributed by atoms with van der Waals surface area (Å²) in [5.74, 6) is 2.09. The van der Waals surface area contributed by atoms with Crippen molar-refractivity contribution in [1.82, 2.24) is 20.1 Å². The number of aromatic nitrogens is 2. The molecule has 67 heavy (non-hydrogen) atoms. The Hall–Kier alpha value is -5.59. The van der Waals surface area contributed by atoms with E-state index in [2.05, 4.69) is 72.1 Å². The summed E-state index contributed by atoms with van der Waals surface area (Å²) >= 11 is 0. The lowest BCUT2D eigenvalue weighted by atomic mass is 9.51. The number of ether oxygens (including phenoxy) is 3. The van der Waals surface area contributed by atoms with E-state index in [0.29, 0.717) is 64.9 Å². The van der Waals surface area contributed by atoms with Crippen LogP contribution < -0.4 is 9.47 Å². The molecule has 2 aromatic carbocycles. The van der Waals surface area contributed by atoms with Crippen molar-refractivity contribution in [2.45, 2.75) is 78.7 Å². The number of benzene rings is 2. The Morgan fingerprint density at radius 3 is 2.06 bits per heavy atom. The normalized spacial score (nSPS) is 33.6. The van der Waals surface area contributed by atoms with Gasteiger partial charge in [0.25, 0.3) is 11.8 Å². The van der Waals surface area contributed by atoms with Crippen molar-refractivity contribution >= 4 is 17.3 Å². The van der Waals surface area contributed by atoms with Gasteiger partial charge in [0, 0.05) is 29.2 Å². The van der Waals surface area contributed by atoms with Crippen molar-refractivity contribution in [3.05, 3.63) is 130 Å². The molecule has 4 bridgehead atoms. The van der Waals surface area contributed by atoms with E-state index in [1.54, 1.807) is 0 Å². The van der Waals surface area contributed by atoms with Gasteiger partial charge in [-0.15, -0.1) is 0 Å². The summed E-state index contributed by atoms with van der Waals surface area (Å²) in [5, 5.41) is 8.80. The molecule has 0 radical (unpaired) electrons. The third kappa shape index (κ3) is 7.01. The summed E-state index contributed by atoms with van der Waals surface area (Å²) in [5.41, 5.74) is 2.22. The molecule has 4 aromatic rings. The average Bonchev–Trinajstić information content (AvgIpc) is 4.16. The number of carbonyl (C=O) groups excluding carboxylic acids is 3. The molecule has 12 nitrogen and oxygen atoms in total. The maximum absolute atomic E-state index is 15.3. The molecule has 2 fully saturated rings. The molecule has 0 spiro atoms. The molecule has 7 aliphatic rings. The zero-order valence-electron chi connectivity index (χ0n) is 39.6. The van der Waals surface area contributed by atoms with Gasteiger partial charge in [-0.3, -0.25) is 24.2 Å². The Kier molecular flexibility index (Phi) is 11.1. The van der Waals surface area contributed by atoms with E-state index in [4.69, 9.17) is 23.3 Å². The maximum Gasteiger partial charge on any atom is 0.266 e. The third-order valence-electron chi connectivity index (χ3n) is 17.1. The number of fused-ring (bicyclic) bond motifs is 11. The molecule has 2 saturated carbocycles. The number of ketones is 3. The second-order valence-corrected chi connectivity index (χ2v) is 21.4. The molecule has 0 amide bonds. The molecule has 13 unspecified atom stereocenters. The molecule has 11 rings (SSSR count). The predicted octanol–water partition coefficient (Wildman–Crippen LogP) is 9.87. The number of nitrogens with zero attached hydrogens (tertiary/aromatic N) is 4. The Labute approximate surface area is 392 Å². The molecule has 12 heteroatoms. The van der Waals surface area contributed by atoms with Crippen LogP contribution in [0.3, 0.4) is 0 Å². The van der Waals surface area contributed by atoms with Crippen LogP contribution in [0.25, 0.3) is 0 Å². The van der Waals surface area contributed by atoms with Crippen molar-refractivity contribution < 1.29 is 37.6 Å². The van der Waals surface area contributed by atoms with Crippen LogP contribution in [0.1, 0.15) is 109 Å². The zero-order chi connectivity index (χ0) is 46.5. The summed E-state index contributed by atoms with van der Waals surface area (Å²) in [7, 11) is 6.01. The van der Waals surface area contributed by atoms with Crippen LogP contribution in [0, 0.1) is 70.5 Å². The largest absolute Gasteiger partial charge is 0.482 e. The van der Waals surface area contributed by atoms with E-state index >= 15 is 14.4 Å². The van der Waals surface area contributed by atoms with Gasteiger partial charge in [-0.2, -0.15) is 0 Å². The smallest absolute Gasteiger partial charge is 0.266 e. The van der Waals surface area contributed by atoms with Gasteiger partial charge in [-0.25, -0.2) is 0 Å². The number of rotatable bonds is 12. The van der Waals surface area contributed by atoms with Crippen LogP contribution in [0.15, 0.2) is 105 Å². The van der Waals surface area contributed by atoms with Crippen molar-refractivity contribution in [3.8, 4) is 11.8 Å². The molecule has 350 valence electrons. The first kappa shape index (κ1) is 43.9. The van der Waals surface area contributed by atoms with Gasteiger partial charge in [-0.1, -0.05) is 113 Å². The number of hydrogen-bond donors (Lipinski definition) is 0. The van der Waals surface area contributed by atoms with Gasteiger partial charge in [-0.05, 0) is 109 Å². The molecule has 13 atom stereocenters. The Balaban J connectivity index is 0.980. The molecule has 7 aliphatic carbocycles. The van der Waals surface area contributed by atoms with Gasteiger partial charge in [0.05, 0.1) is 18.0 Å². The number of carbonyl (C=O) groups is 3. The van der Waals surface area contributed by atoms with E-state index in [-0.39, 0.29) is 96.2 Å². The predicted molar refractivity (Wildman–Crippen MR) is 248 cm³/mol. The molecule has 0 saturated heterocycles. The minimum absolute atomic E-state index is 0.0179. The molecule has 0 N–H and O–H groups in total. The SMILES string of the molecule is CC(C)C1C2C=CC1C1C(=O)C3C(=O)c4c(OCc5ccccc5)noc4C(N(C)COC4=C5C(=O)c6c(OCc7ccccc7)noc6C(N(C)C)C5CCC5C=CC(C4)C5C)C3(C)CC21. The average molecular weight is 907 g/mol. The number of hydrogen-bond acceptors (Lipinski definition) is 12. The van der Waals surface area contributed by atoms with Crippen molar-refractivity contribution in [2.24, 2.45) is 70.5 Å². The first-order valence-corrected chi connectivity index (χ1v) is 24.4. The highest BCUT2D eigenvalue weighted by Gasteiger charge is 2.68. The van der Waals surface area contributed by atoms with Gasteiger partial charge in [0.1, 0.15) is 42.6 Å². The fourth-order valence-electron chi connectivity index (χ4n) is 14.2. The quantitative estimate of drug-likeness (QED) is 0.0760. The minimum atomic E-state index is -0.924. The highest BCUT2D eigenvalue weighted by Crippen LogP contribution is 2.67. The van der Waals surface area contributed by atoms with E-state index in [0.717, 1.165) is 24.0 Å². The highest BCUT2D eigenvalue weighted by atomic mass is 16.5. The maximum atomic E-state index is 15.3. The zero-order valence-corrected chi connectivity index (χ0v) is 39.6. The summed E-state index contributed by atoms with van der Waals surface area (Å²) in [6.45, 7) is 9.38. The van der Waals surface area contributed by atoms with Crippen molar-refractivity contribution in [3.63, 3.8) is 0 Å². The van der Waals surface area contributed by atoms with Crippen molar-refractivity contribution in [1.29, 1.82) is 0 Å². The highest BCUT2D eigenvalue weighted by molar-refractivity contribution is 6.15. The number of Topliss-reactive ketones (excluding diaryl/α,β-unsaturated/α-hetero) is 3. The van der Waals surface area contributed by atoms with Crippen molar-refractivity contribution in [2.75, 3.05) is 27.9 Å². The van der Waals surface area contributed by atoms with Crippen LogP contribution in [0.5, 0.6) is 11.8 Å². The molecular weight excluding hydrogens is 845 g/mol. The summed E-state index contributed by atoms with van der Waals surface area (Å²) < 4.78 is 32.1. The fraction of sp³-hybridized carbons (Fsp3) is 0.509. The first-order valence-electron chi connectivity index (χ1n) is 24.4. The second kappa shape index (κ2) is 16.9. The second-order valence-electron chi connectivity index (χ2n) is 21.4. The van der Waals surface area contributed by atoms with Gasteiger partial charge >= 0.3 is 0 Å². The van der Waals surface area contributed by atoms with Crippen LogP contribution in [-0.4, -0.2) is 65.3 Å². The van der Waals surface area contributed by atoms with Gasteiger partial charge in [0.2, 0.25) is 5.78 Å². The van der Waals surface area contributed by atoms with Crippen LogP contribution >= 0.6 is 0 Å². The molecular formula is C55H62N4O8. The third-order valence-corrected chi connectivity index (χ3v) is 17.1. The Morgan fingerprint density at radius 2 is 1.40 bits per heavy atom. The van der Waals surface area contributed by atoms with E-state index in [1.165, 1.54) is 0 Å². The molecule has 2 heterocycles. The lowest BCUT2D eigenvalue weighted by molar-refractivity contribution is -0.143. The Bertz CT molecular complexity index is 2660. The summed E-state index contributed by atoms with van der Waals surface area (Å²) in [4.78, 5) is 49.9. The van der Waals surface area contributed by atoms with Crippen LogP contribution in [0.4, 0.5) is 0 Å². The summed E-state index contributed by atoms with van der Waals surface area (Å²) in [6.07, 6.45) is 12.1. The standard InChI is InChI=1S/C55H62N4O8/c1-29(2)40-35-22-23-36(40)41-38(35)25-55(4)45(48(41)61)49(62)44-51(67-57-54(44)64-27-32-16-12-9-13-17-32)52(55)59(7)28-65-39-24-34-19-18-33(30(34)3)20-21-37-42(39)47(60)43-50(46(37)58(5)6)66-56-53(43)63-26-31-14-10-8-11-15-31/h8-19,22-23,29-30,33-38,40-41,45-46,52H,20-21,24-28H2,1-7H3. The van der Waals surface area contributed by atoms with Crippen LogP contribution in [0.2, 0.25) is 0 Å². The molecule has 0 aliphatic heterocycles. The van der Waals surface area contributed by atoms with Gasteiger partial charge in [0.15, 0.2) is 17.3 Å². The summed E-state index contributed by atoms with van der Waals surface area (Å²) in [6, 6.07) is 18.7. The first-order chi connectivity index (χ1) is 32.4. The van der Waals surface area contributed by atoms with E-state index in [1.807, 2.05) is 81.8 Å². The lowest BCUT2D eigenvalue weighted by Crippen LogP contribution is -2.58. The number of allylic oxidation sites excluding steroid dienone is 5.